The van der Waals surface area contributed by atoms with Crippen molar-refractivity contribution < 1.29 is 4.42 Å². The van der Waals surface area contributed by atoms with Gasteiger partial charge in [0.05, 0.1) is 24.3 Å². The zero-order valence-electron chi connectivity index (χ0n) is 11.2. The number of rotatable bonds is 4. The van der Waals surface area contributed by atoms with Crippen LogP contribution in [0.1, 0.15) is 55.4 Å². The van der Waals surface area contributed by atoms with E-state index in [-0.39, 0.29) is 6.04 Å². The molecule has 0 amide bonds. The lowest BCUT2D eigenvalue weighted by atomic mass is 9.96. The van der Waals surface area contributed by atoms with E-state index in [4.69, 9.17) is 10.2 Å². The van der Waals surface area contributed by atoms with Gasteiger partial charge in [-0.05, 0) is 25.0 Å². The molecule has 2 aromatic rings. The summed E-state index contributed by atoms with van der Waals surface area (Å²) in [6.07, 6.45) is 12.8. The fourth-order valence-corrected chi connectivity index (χ4v) is 2.86. The SMILES string of the molecule is NC(Cc1ccn(C2CCCCC2)n1)c1ccoc1. The summed E-state index contributed by atoms with van der Waals surface area (Å²) in [5.74, 6) is 0. The van der Waals surface area contributed by atoms with Crippen molar-refractivity contribution in [3.63, 3.8) is 0 Å². The Morgan fingerprint density at radius 1 is 1.32 bits per heavy atom. The van der Waals surface area contributed by atoms with Crippen LogP contribution >= 0.6 is 0 Å². The molecule has 0 spiro atoms. The number of hydrogen-bond acceptors (Lipinski definition) is 3. The van der Waals surface area contributed by atoms with Crippen LogP contribution in [0.3, 0.4) is 0 Å². The Hall–Kier alpha value is -1.55. The molecule has 1 atom stereocenters. The first-order valence-corrected chi connectivity index (χ1v) is 7.14. The molecule has 102 valence electrons. The average Bonchev–Trinajstić information content (AvgIpc) is 3.11. The van der Waals surface area contributed by atoms with Crippen molar-refractivity contribution in [2.24, 2.45) is 5.73 Å². The van der Waals surface area contributed by atoms with Crippen molar-refractivity contribution in [2.45, 2.75) is 50.6 Å². The number of nitrogens with two attached hydrogens (primary N) is 1. The molecule has 0 saturated heterocycles. The van der Waals surface area contributed by atoms with Gasteiger partial charge in [0.15, 0.2) is 0 Å². The third-order valence-electron chi connectivity index (χ3n) is 4.01. The Bertz CT molecular complexity index is 497. The van der Waals surface area contributed by atoms with E-state index >= 15 is 0 Å². The number of nitrogens with zero attached hydrogens (tertiary/aromatic N) is 2. The summed E-state index contributed by atoms with van der Waals surface area (Å²) in [4.78, 5) is 0. The van der Waals surface area contributed by atoms with Crippen molar-refractivity contribution in [3.8, 4) is 0 Å². The summed E-state index contributed by atoms with van der Waals surface area (Å²) >= 11 is 0. The summed E-state index contributed by atoms with van der Waals surface area (Å²) in [5, 5.41) is 4.69. The summed E-state index contributed by atoms with van der Waals surface area (Å²) in [5.41, 5.74) is 8.25. The molecule has 1 aliphatic carbocycles. The topological polar surface area (TPSA) is 57.0 Å². The highest BCUT2D eigenvalue weighted by Crippen LogP contribution is 2.27. The molecule has 4 heteroatoms. The van der Waals surface area contributed by atoms with Crippen LogP contribution in [0.5, 0.6) is 0 Å². The molecule has 4 nitrogen and oxygen atoms in total. The molecule has 3 rings (SSSR count). The highest BCUT2D eigenvalue weighted by molar-refractivity contribution is 5.14. The van der Waals surface area contributed by atoms with E-state index < -0.39 is 0 Å². The first-order chi connectivity index (χ1) is 9.33. The highest BCUT2D eigenvalue weighted by atomic mass is 16.3. The van der Waals surface area contributed by atoms with Crippen molar-refractivity contribution in [3.05, 3.63) is 42.1 Å². The molecule has 1 saturated carbocycles. The van der Waals surface area contributed by atoms with Crippen LogP contribution in [0.15, 0.2) is 35.3 Å². The molecule has 1 aliphatic rings. The largest absolute Gasteiger partial charge is 0.472 e. The molecule has 0 aliphatic heterocycles. The second-order valence-corrected chi connectivity index (χ2v) is 5.45. The van der Waals surface area contributed by atoms with Crippen LogP contribution in [0, 0.1) is 0 Å². The first kappa shape index (κ1) is 12.5. The minimum Gasteiger partial charge on any atom is -0.472 e. The smallest absolute Gasteiger partial charge is 0.0950 e. The van der Waals surface area contributed by atoms with E-state index in [1.54, 1.807) is 12.5 Å². The minimum atomic E-state index is -0.0338. The highest BCUT2D eigenvalue weighted by Gasteiger charge is 2.17. The van der Waals surface area contributed by atoms with Gasteiger partial charge in [0.25, 0.3) is 0 Å². The van der Waals surface area contributed by atoms with Gasteiger partial charge in [-0.1, -0.05) is 19.3 Å². The Balaban J connectivity index is 1.64. The Kier molecular flexibility index (Phi) is 3.69. The lowest BCUT2D eigenvalue weighted by molar-refractivity contribution is 0.328. The zero-order chi connectivity index (χ0) is 13.1. The maximum absolute atomic E-state index is 6.15. The van der Waals surface area contributed by atoms with Crippen LogP contribution in [0.25, 0.3) is 0 Å². The average molecular weight is 259 g/mol. The van der Waals surface area contributed by atoms with Gasteiger partial charge >= 0.3 is 0 Å². The Labute approximate surface area is 113 Å². The maximum Gasteiger partial charge on any atom is 0.0950 e. The molecule has 2 heterocycles. The molecule has 1 fully saturated rings. The summed E-state index contributed by atoms with van der Waals surface area (Å²) < 4.78 is 7.20. The second-order valence-electron chi connectivity index (χ2n) is 5.45. The summed E-state index contributed by atoms with van der Waals surface area (Å²) in [6, 6.07) is 4.57. The number of hydrogen-bond donors (Lipinski definition) is 1. The quantitative estimate of drug-likeness (QED) is 0.917. The third kappa shape index (κ3) is 2.89. The van der Waals surface area contributed by atoms with Crippen molar-refractivity contribution in [1.82, 2.24) is 9.78 Å². The van der Waals surface area contributed by atoms with E-state index in [0.717, 1.165) is 17.7 Å². The van der Waals surface area contributed by atoms with Gasteiger partial charge in [0, 0.05) is 24.2 Å². The van der Waals surface area contributed by atoms with Gasteiger partial charge in [-0.3, -0.25) is 4.68 Å². The van der Waals surface area contributed by atoms with E-state index in [1.165, 1.54) is 32.1 Å². The molecule has 1 unspecified atom stereocenters. The van der Waals surface area contributed by atoms with Crippen molar-refractivity contribution in [2.75, 3.05) is 0 Å². The van der Waals surface area contributed by atoms with Crippen molar-refractivity contribution >= 4 is 0 Å². The second kappa shape index (κ2) is 5.61. The first-order valence-electron chi connectivity index (χ1n) is 7.14. The monoisotopic (exact) mass is 259 g/mol. The molecular formula is C15H21N3O. The Morgan fingerprint density at radius 3 is 2.89 bits per heavy atom. The van der Waals surface area contributed by atoms with Crippen LogP contribution in [-0.4, -0.2) is 9.78 Å². The molecule has 0 aromatic carbocycles. The molecular weight excluding hydrogens is 238 g/mol. The van der Waals surface area contributed by atoms with E-state index in [9.17, 15) is 0 Å². The molecule has 2 aromatic heterocycles. The fourth-order valence-electron chi connectivity index (χ4n) is 2.86. The van der Waals surface area contributed by atoms with Crippen LogP contribution < -0.4 is 5.73 Å². The normalized spacial score (nSPS) is 18.6. The van der Waals surface area contributed by atoms with Gasteiger partial charge in [-0.25, -0.2) is 0 Å². The molecule has 2 N–H and O–H groups in total. The lowest BCUT2D eigenvalue weighted by Gasteiger charge is -2.21. The lowest BCUT2D eigenvalue weighted by Crippen LogP contribution is -2.15. The number of furan rings is 1. The minimum absolute atomic E-state index is 0.0338. The van der Waals surface area contributed by atoms with Gasteiger partial charge in [-0.15, -0.1) is 0 Å². The summed E-state index contributed by atoms with van der Waals surface area (Å²) in [7, 11) is 0. The zero-order valence-corrected chi connectivity index (χ0v) is 11.2. The molecule has 19 heavy (non-hydrogen) atoms. The number of aromatic nitrogens is 2. The predicted molar refractivity (Wildman–Crippen MR) is 73.7 cm³/mol. The molecule has 0 bridgehead atoms. The predicted octanol–water partition coefficient (Wildman–Crippen LogP) is 3.22. The van der Waals surface area contributed by atoms with Crippen LogP contribution in [0.2, 0.25) is 0 Å². The van der Waals surface area contributed by atoms with Gasteiger partial charge < -0.3 is 10.2 Å². The van der Waals surface area contributed by atoms with Gasteiger partial charge in [0.1, 0.15) is 0 Å². The standard InChI is InChI=1S/C15H21N3O/c16-15(12-7-9-19-11-12)10-13-6-8-18(17-13)14-4-2-1-3-5-14/h6-9,11,14-15H,1-5,10,16H2. The van der Waals surface area contributed by atoms with Crippen molar-refractivity contribution in [1.29, 1.82) is 0 Å². The van der Waals surface area contributed by atoms with Crippen LogP contribution in [-0.2, 0) is 6.42 Å². The Morgan fingerprint density at radius 2 is 2.16 bits per heavy atom. The maximum atomic E-state index is 6.15. The van der Waals surface area contributed by atoms with E-state index in [2.05, 4.69) is 22.0 Å². The third-order valence-corrected chi connectivity index (χ3v) is 4.01. The fraction of sp³-hybridized carbons (Fsp3) is 0.533. The molecule has 0 radical (unpaired) electrons. The van der Waals surface area contributed by atoms with E-state index in [1.807, 2.05) is 6.07 Å². The van der Waals surface area contributed by atoms with Gasteiger partial charge in [-0.2, -0.15) is 5.10 Å². The van der Waals surface area contributed by atoms with Crippen LogP contribution in [0.4, 0.5) is 0 Å². The summed E-state index contributed by atoms with van der Waals surface area (Å²) in [6.45, 7) is 0. The van der Waals surface area contributed by atoms with Gasteiger partial charge in [0.2, 0.25) is 0 Å². The van der Waals surface area contributed by atoms with E-state index in [0.29, 0.717) is 6.04 Å².